The summed E-state index contributed by atoms with van der Waals surface area (Å²) in [5.74, 6) is -1.09. The molecule has 1 fully saturated rings. The van der Waals surface area contributed by atoms with Crippen molar-refractivity contribution in [3.05, 3.63) is 39.9 Å². The average molecular weight is 308 g/mol. The van der Waals surface area contributed by atoms with Crippen LogP contribution in [0, 0.1) is 16.0 Å². The van der Waals surface area contributed by atoms with Gasteiger partial charge in [-0.05, 0) is 43.5 Å². The molecule has 1 saturated heterocycles. The highest BCUT2D eigenvalue weighted by molar-refractivity contribution is 5.70. The largest absolute Gasteiger partial charge is 0.481 e. The van der Waals surface area contributed by atoms with Crippen LogP contribution in [0.1, 0.15) is 30.9 Å². The molecule has 0 aromatic heterocycles. The highest BCUT2D eigenvalue weighted by Crippen LogP contribution is 2.22. The molecule has 0 aliphatic carbocycles. The molecule has 0 spiro atoms. The molecule has 7 heteroatoms. The molecule has 22 heavy (non-hydrogen) atoms. The summed E-state index contributed by atoms with van der Waals surface area (Å²) in [6.07, 6.45) is 1.33. The van der Waals surface area contributed by atoms with E-state index in [0.29, 0.717) is 31.5 Å². The maximum Gasteiger partial charge on any atom is 0.307 e. The van der Waals surface area contributed by atoms with Gasteiger partial charge >= 0.3 is 5.97 Å². The molecule has 1 aliphatic rings. The van der Waals surface area contributed by atoms with E-state index in [-0.39, 0.29) is 11.6 Å². The minimum absolute atomic E-state index is 0.00344. The van der Waals surface area contributed by atoms with Crippen LogP contribution < -0.4 is 0 Å². The van der Waals surface area contributed by atoms with E-state index in [1.54, 1.807) is 12.1 Å². The van der Waals surface area contributed by atoms with Crippen molar-refractivity contribution in [3.63, 3.8) is 0 Å². The number of aliphatic hydroxyl groups excluding tert-OH is 1. The molecule has 0 bridgehead atoms. The lowest BCUT2D eigenvalue weighted by Gasteiger charge is -2.31. The predicted octanol–water partition coefficient (Wildman–Crippen LogP) is 1.81. The van der Waals surface area contributed by atoms with Crippen LogP contribution in [0.25, 0.3) is 0 Å². The fourth-order valence-electron chi connectivity index (χ4n) is 2.75. The van der Waals surface area contributed by atoms with Crippen LogP contribution in [0.15, 0.2) is 24.3 Å². The van der Waals surface area contributed by atoms with Gasteiger partial charge in [-0.15, -0.1) is 0 Å². The highest BCUT2D eigenvalue weighted by atomic mass is 16.6. The molecule has 1 aromatic carbocycles. The number of likely N-dealkylation sites (tertiary alicyclic amines) is 1. The zero-order chi connectivity index (χ0) is 16.1. The maximum atomic E-state index is 11.0. The molecule has 120 valence electrons. The van der Waals surface area contributed by atoms with Gasteiger partial charge in [0.2, 0.25) is 0 Å². The van der Waals surface area contributed by atoms with Gasteiger partial charge in [0.25, 0.3) is 5.69 Å². The Morgan fingerprint density at radius 3 is 2.68 bits per heavy atom. The topological polar surface area (TPSA) is 104 Å². The Balaban J connectivity index is 1.85. The first-order chi connectivity index (χ1) is 10.5. The molecule has 7 nitrogen and oxygen atoms in total. The number of aliphatic carboxylic acids is 1. The molecule has 1 aliphatic heterocycles. The van der Waals surface area contributed by atoms with Crippen LogP contribution in [0.2, 0.25) is 0 Å². The van der Waals surface area contributed by atoms with Crippen molar-refractivity contribution < 1.29 is 19.9 Å². The summed E-state index contributed by atoms with van der Waals surface area (Å²) in [6.45, 7) is 1.97. The summed E-state index contributed by atoms with van der Waals surface area (Å²) >= 11 is 0. The number of carboxylic acids is 1. The monoisotopic (exact) mass is 308 g/mol. The Hall–Kier alpha value is -1.99. The molecular weight excluding hydrogens is 288 g/mol. The second-order valence-electron chi connectivity index (χ2n) is 5.63. The Kier molecular flexibility index (Phi) is 5.46. The highest BCUT2D eigenvalue weighted by Gasteiger charge is 2.25. The fraction of sp³-hybridized carbons (Fsp3) is 0.533. The van der Waals surface area contributed by atoms with Gasteiger partial charge in [0.1, 0.15) is 0 Å². The summed E-state index contributed by atoms with van der Waals surface area (Å²) in [7, 11) is 0. The van der Waals surface area contributed by atoms with Gasteiger partial charge in [-0.1, -0.05) is 0 Å². The van der Waals surface area contributed by atoms with E-state index in [4.69, 9.17) is 5.11 Å². The van der Waals surface area contributed by atoms with Crippen molar-refractivity contribution in [2.75, 3.05) is 19.6 Å². The molecular formula is C15H20N2O5. The lowest BCUT2D eigenvalue weighted by atomic mass is 9.97. The molecule has 1 heterocycles. The molecule has 2 atom stereocenters. The first-order valence-corrected chi connectivity index (χ1v) is 7.35. The van der Waals surface area contributed by atoms with Gasteiger partial charge < -0.3 is 15.1 Å². The van der Waals surface area contributed by atoms with Gasteiger partial charge in [-0.3, -0.25) is 14.9 Å². The van der Waals surface area contributed by atoms with E-state index in [1.807, 2.05) is 0 Å². The van der Waals surface area contributed by atoms with E-state index in [1.165, 1.54) is 12.1 Å². The van der Waals surface area contributed by atoms with E-state index < -0.39 is 17.0 Å². The molecule has 0 amide bonds. The van der Waals surface area contributed by atoms with Crippen LogP contribution in [-0.4, -0.2) is 45.6 Å². The van der Waals surface area contributed by atoms with Gasteiger partial charge in [0, 0.05) is 25.2 Å². The number of nitro benzene ring substituents is 1. The summed E-state index contributed by atoms with van der Waals surface area (Å²) in [6, 6.07) is 5.86. The second-order valence-corrected chi connectivity index (χ2v) is 5.63. The van der Waals surface area contributed by atoms with Crippen LogP contribution in [0.3, 0.4) is 0 Å². The molecule has 1 aromatic rings. The zero-order valence-corrected chi connectivity index (χ0v) is 12.2. The van der Waals surface area contributed by atoms with Crippen molar-refractivity contribution in [1.82, 2.24) is 4.90 Å². The Labute approximate surface area is 128 Å². The Bertz CT molecular complexity index is 531. The van der Waals surface area contributed by atoms with Crippen LogP contribution >= 0.6 is 0 Å². The molecule has 0 radical (unpaired) electrons. The Morgan fingerprint density at radius 2 is 2.09 bits per heavy atom. The van der Waals surface area contributed by atoms with Gasteiger partial charge in [-0.2, -0.15) is 0 Å². The van der Waals surface area contributed by atoms with E-state index in [0.717, 1.165) is 13.0 Å². The Morgan fingerprint density at radius 1 is 1.41 bits per heavy atom. The number of aliphatic hydroxyl groups is 1. The van der Waals surface area contributed by atoms with Crippen LogP contribution in [0.4, 0.5) is 5.69 Å². The van der Waals surface area contributed by atoms with Crippen LogP contribution in [-0.2, 0) is 4.79 Å². The average Bonchev–Trinajstić information content (AvgIpc) is 2.53. The van der Waals surface area contributed by atoms with E-state index in [2.05, 4.69) is 4.90 Å². The quantitative estimate of drug-likeness (QED) is 0.613. The lowest BCUT2D eigenvalue weighted by molar-refractivity contribution is -0.384. The lowest BCUT2D eigenvalue weighted by Crippen LogP contribution is -2.39. The van der Waals surface area contributed by atoms with Crippen LogP contribution in [0.5, 0.6) is 0 Å². The number of non-ortho nitro benzene ring substituents is 1. The first kappa shape index (κ1) is 16.4. The molecule has 2 rings (SSSR count). The minimum Gasteiger partial charge on any atom is -0.481 e. The number of nitro groups is 1. The van der Waals surface area contributed by atoms with E-state index >= 15 is 0 Å². The molecule has 2 unspecified atom stereocenters. The number of carboxylic acid groups (broad SMARTS) is 1. The molecule has 2 N–H and O–H groups in total. The number of nitrogens with zero attached hydrogens (tertiary/aromatic N) is 2. The third kappa shape index (κ3) is 4.25. The first-order valence-electron chi connectivity index (χ1n) is 7.35. The van der Waals surface area contributed by atoms with Crippen molar-refractivity contribution in [1.29, 1.82) is 0 Å². The predicted molar refractivity (Wildman–Crippen MR) is 79.5 cm³/mol. The number of benzene rings is 1. The standard InChI is InChI=1S/C15H20N2O5/c18-14(11-3-5-13(6-4-11)17(21)22)7-9-16-8-1-2-12(10-16)15(19)20/h3-6,12,14,18H,1-2,7-10H2,(H,19,20). The fourth-order valence-corrected chi connectivity index (χ4v) is 2.75. The maximum absolute atomic E-state index is 11.0. The van der Waals surface area contributed by atoms with Crippen molar-refractivity contribution in [3.8, 4) is 0 Å². The summed E-state index contributed by atoms with van der Waals surface area (Å²) in [5, 5.41) is 29.8. The van der Waals surface area contributed by atoms with Crippen molar-refractivity contribution in [2.24, 2.45) is 5.92 Å². The third-order valence-corrected chi connectivity index (χ3v) is 4.06. The normalized spacial score (nSPS) is 20.5. The number of hydrogen-bond acceptors (Lipinski definition) is 5. The van der Waals surface area contributed by atoms with Gasteiger partial charge in [0.05, 0.1) is 16.9 Å². The summed E-state index contributed by atoms with van der Waals surface area (Å²) < 4.78 is 0. The third-order valence-electron chi connectivity index (χ3n) is 4.06. The second kappa shape index (κ2) is 7.33. The molecule has 0 saturated carbocycles. The van der Waals surface area contributed by atoms with E-state index in [9.17, 15) is 20.0 Å². The SMILES string of the molecule is O=C(O)C1CCCN(CCC(O)c2ccc([N+](=O)[O-])cc2)C1. The van der Waals surface area contributed by atoms with Gasteiger partial charge in [0.15, 0.2) is 0 Å². The minimum atomic E-state index is -0.763. The van der Waals surface area contributed by atoms with Gasteiger partial charge in [-0.25, -0.2) is 0 Å². The smallest absolute Gasteiger partial charge is 0.307 e. The number of carbonyl (C=O) groups is 1. The zero-order valence-electron chi connectivity index (χ0n) is 12.2. The summed E-state index contributed by atoms with van der Waals surface area (Å²) in [5.41, 5.74) is 0.633. The number of piperidine rings is 1. The number of rotatable bonds is 6. The van der Waals surface area contributed by atoms with Crippen molar-refractivity contribution in [2.45, 2.75) is 25.4 Å². The van der Waals surface area contributed by atoms with Crippen molar-refractivity contribution >= 4 is 11.7 Å². The summed E-state index contributed by atoms with van der Waals surface area (Å²) in [4.78, 5) is 23.2. The number of hydrogen-bond donors (Lipinski definition) is 2.